The molecule has 0 saturated heterocycles. The average molecular weight is 342 g/mol. The molecule has 1 N–H and O–H groups in total. The molecule has 130 valence electrons. The van der Waals surface area contributed by atoms with E-state index in [1.807, 2.05) is 37.3 Å². The molecule has 7 nitrogen and oxygen atoms in total. The largest absolute Gasteiger partial charge is 0.455 e. The maximum Gasteiger partial charge on any atom is 0.313 e. The molecule has 0 unspecified atom stereocenters. The number of rotatable bonds is 7. The van der Waals surface area contributed by atoms with E-state index in [2.05, 4.69) is 5.32 Å². The van der Waals surface area contributed by atoms with Crippen LogP contribution >= 0.6 is 0 Å². The topological polar surface area (TPSA) is 98.5 Å². The van der Waals surface area contributed by atoms with Crippen LogP contribution in [-0.4, -0.2) is 23.4 Å². The quantitative estimate of drug-likeness (QED) is 0.473. The number of non-ortho nitro benzene ring substituents is 1. The summed E-state index contributed by atoms with van der Waals surface area (Å²) in [5, 5.41) is 13.2. The van der Waals surface area contributed by atoms with E-state index in [9.17, 15) is 19.7 Å². The minimum Gasteiger partial charge on any atom is -0.455 e. The number of carbonyl (C=O) groups is 2. The summed E-state index contributed by atoms with van der Waals surface area (Å²) in [6.45, 7) is 1.41. The van der Waals surface area contributed by atoms with Crippen molar-refractivity contribution in [3.05, 3.63) is 70.3 Å². The van der Waals surface area contributed by atoms with Gasteiger partial charge in [-0.2, -0.15) is 0 Å². The van der Waals surface area contributed by atoms with Crippen LogP contribution in [0.1, 0.15) is 24.8 Å². The number of ether oxygens (including phenoxy) is 1. The van der Waals surface area contributed by atoms with Gasteiger partial charge in [0.1, 0.15) is 0 Å². The van der Waals surface area contributed by atoms with Gasteiger partial charge in [-0.05, 0) is 18.1 Å². The van der Waals surface area contributed by atoms with Gasteiger partial charge in [0.05, 0.1) is 10.8 Å². The number of nitro groups is 1. The number of nitrogens with one attached hydrogen (secondary N) is 1. The molecule has 0 aliphatic heterocycles. The second-order valence-electron chi connectivity index (χ2n) is 5.33. The molecule has 0 aliphatic carbocycles. The van der Waals surface area contributed by atoms with Crippen LogP contribution in [0.15, 0.2) is 54.6 Å². The van der Waals surface area contributed by atoms with Crippen molar-refractivity contribution >= 4 is 23.3 Å². The molecule has 0 heterocycles. The Labute approximate surface area is 144 Å². The van der Waals surface area contributed by atoms with Gasteiger partial charge in [0.2, 0.25) is 0 Å². The number of benzene rings is 2. The summed E-state index contributed by atoms with van der Waals surface area (Å²) >= 11 is 0. The van der Waals surface area contributed by atoms with E-state index in [1.54, 1.807) is 0 Å². The summed E-state index contributed by atoms with van der Waals surface area (Å²) < 4.78 is 5.08. The average Bonchev–Trinajstić information content (AvgIpc) is 2.62. The van der Waals surface area contributed by atoms with E-state index in [-0.39, 0.29) is 11.4 Å². The van der Waals surface area contributed by atoms with E-state index >= 15 is 0 Å². The molecule has 2 aromatic rings. The molecule has 1 amide bonds. The van der Waals surface area contributed by atoms with Crippen LogP contribution in [0.2, 0.25) is 0 Å². The van der Waals surface area contributed by atoms with Gasteiger partial charge in [0.15, 0.2) is 6.61 Å². The minimum atomic E-state index is -0.559. The summed E-state index contributed by atoms with van der Waals surface area (Å²) in [6.07, 6.45) is 0.551. The summed E-state index contributed by atoms with van der Waals surface area (Å²) in [5.41, 5.74) is 0.962. The smallest absolute Gasteiger partial charge is 0.313 e. The van der Waals surface area contributed by atoms with Gasteiger partial charge in [0.25, 0.3) is 11.6 Å². The van der Waals surface area contributed by atoms with Crippen molar-refractivity contribution in [2.45, 2.75) is 19.3 Å². The lowest BCUT2D eigenvalue weighted by molar-refractivity contribution is -0.384. The van der Waals surface area contributed by atoms with Crippen molar-refractivity contribution in [1.29, 1.82) is 0 Å². The first-order valence-electron chi connectivity index (χ1n) is 7.77. The van der Waals surface area contributed by atoms with Crippen LogP contribution in [0.3, 0.4) is 0 Å². The molecule has 1 atom stereocenters. The van der Waals surface area contributed by atoms with Crippen LogP contribution in [0.5, 0.6) is 0 Å². The van der Waals surface area contributed by atoms with E-state index in [0.29, 0.717) is 6.42 Å². The van der Waals surface area contributed by atoms with Crippen LogP contribution < -0.4 is 5.32 Å². The van der Waals surface area contributed by atoms with Crippen molar-refractivity contribution in [3.63, 3.8) is 0 Å². The zero-order valence-electron chi connectivity index (χ0n) is 13.7. The van der Waals surface area contributed by atoms with Gasteiger partial charge in [-0.15, -0.1) is 0 Å². The van der Waals surface area contributed by atoms with Gasteiger partial charge >= 0.3 is 5.97 Å². The van der Waals surface area contributed by atoms with Gasteiger partial charge in [-0.1, -0.05) is 43.3 Å². The maximum atomic E-state index is 12.2. The Morgan fingerprint density at radius 3 is 2.52 bits per heavy atom. The number of hydrogen-bond acceptors (Lipinski definition) is 5. The van der Waals surface area contributed by atoms with E-state index in [4.69, 9.17) is 4.74 Å². The first-order chi connectivity index (χ1) is 12.0. The molecule has 0 radical (unpaired) electrons. The number of hydrogen-bond donors (Lipinski definition) is 1. The zero-order chi connectivity index (χ0) is 18.2. The molecular formula is C18H18N2O5. The standard InChI is InChI=1S/C18H18N2O5/c1-2-16(13-7-4-3-5-8-13)18(22)25-12-17(21)19-14-9-6-10-15(11-14)20(23)24/h3-11,16H,2,12H2,1H3,(H,19,21)/t16-/m0/s1. The highest BCUT2D eigenvalue weighted by Gasteiger charge is 2.21. The number of amides is 1. The van der Waals surface area contributed by atoms with Gasteiger partial charge in [-0.3, -0.25) is 19.7 Å². The second-order valence-corrected chi connectivity index (χ2v) is 5.33. The first-order valence-corrected chi connectivity index (χ1v) is 7.77. The predicted octanol–water partition coefficient (Wildman–Crippen LogP) is 3.27. The molecular weight excluding hydrogens is 324 g/mol. The monoisotopic (exact) mass is 342 g/mol. The zero-order valence-corrected chi connectivity index (χ0v) is 13.7. The Morgan fingerprint density at radius 1 is 1.16 bits per heavy atom. The van der Waals surface area contributed by atoms with E-state index in [1.165, 1.54) is 24.3 Å². The molecule has 0 spiro atoms. The molecule has 25 heavy (non-hydrogen) atoms. The van der Waals surface area contributed by atoms with Crippen LogP contribution in [0, 0.1) is 10.1 Å². The highest BCUT2D eigenvalue weighted by atomic mass is 16.6. The fourth-order valence-corrected chi connectivity index (χ4v) is 2.36. The third-order valence-electron chi connectivity index (χ3n) is 3.58. The summed E-state index contributed by atoms with van der Waals surface area (Å²) in [4.78, 5) is 34.2. The van der Waals surface area contributed by atoms with Crippen molar-refractivity contribution in [1.82, 2.24) is 0 Å². The van der Waals surface area contributed by atoms with Crippen molar-refractivity contribution in [2.75, 3.05) is 11.9 Å². The highest BCUT2D eigenvalue weighted by molar-refractivity contribution is 5.93. The second kappa shape index (κ2) is 8.58. The number of esters is 1. The lowest BCUT2D eigenvalue weighted by atomic mass is 9.97. The summed E-state index contributed by atoms with van der Waals surface area (Å²) in [5.74, 6) is -1.48. The molecule has 0 aliphatic rings. The Bertz CT molecular complexity index is 761. The SMILES string of the molecule is CC[C@H](C(=O)OCC(=O)Nc1cccc([N+](=O)[O-])c1)c1ccccc1. The molecule has 2 aromatic carbocycles. The molecule has 0 fully saturated rings. The van der Waals surface area contributed by atoms with Gasteiger partial charge in [-0.25, -0.2) is 0 Å². The lowest BCUT2D eigenvalue weighted by Crippen LogP contribution is -2.23. The number of carbonyl (C=O) groups excluding carboxylic acids is 2. The van der Waals surface area contributed by atoms with Crippen molar-refractivity contribution in [3.8, 4) is 0 Å². The Kier molecular flexibility index (Phi) is 6.22. The molecule has 0 bridgehead atoms. The fraction of sp³-hybridized carbons (Fsp3) is 0.222. The Balaban J connectivity index is 1.92. The van der Waals surface area contributed by atoms with Gasteiger partial charge in [0, 0.05) is 17.8 Å². The van der Waals surface area contributed by atoms with E-state index in [0.717, 1.165) is 5.56 Å². The predicted molar refractivity (Wildman–Crippen MR) is 92.2 cm³/mol. The molecule has 0 aromatic heterocycles. The highest BCUT2D eigenvalue weighted by Crippen LogP contribution is 2.21. The van der Waals surface area contributed by atoms with Crippen LogP contribution in [-0.2, 0) is 14.3 Å². The fourth-order valence-electron chi connectivity index (χ4n) is 2.36. The number of nitro benzene ring substituents is 1. The Morgan fingerprint density at radius 2 is 1.88 bits per heavy atom. The van der Waals surface area contributed by atoms with Crippen molar-refractivity contribution < 1.29 is 19.2 Å². The van der Waals surface area contributed by atoms with Crippen molar-refractivity contribution in [2.24, 2.45) is 0 Å². The third kappa shape index (κ3) is 5.13. The lowest BCUT2D eigenvalue weighted by Gasteiger charge is -2.14. The Hall–Kier alpha value is -3.22. The van der Waals surface area contributed by atoms with Crippen LogP contribution in [0.25, 0.3) is 0 Å². The summed E-state index contributed by atoms with van der Waals surface area (Å²) in [6, 6.07) is 14.7. The maximum absolute atomic E-state index is 12.2. The molecule has 0 saturated carbocycles. The number of anilines is 1. The van der Waals surface area contributed by atoms with Crippen LogP contribution in [0.4, 0.5) is 11.4 Å². The third-order valence-corrected chi connectivity index (χ3v) is 3.58. The van der Waals surface area contributed by atoms with Gasteiger partial charge < -0.3 is 10.1 Å². The van der Waals surface area contributed by atoms with E-state index < -0.39 is 29.3 Å². The normalized spacial score (nSPS) is 11.4. The minimum absolute atomic E-state index is 0.134. The summed E-state index contributed by atoms with van der Waals surface area (Å²) in [7, 11) is 0. The number of nitrogens with zero attached hydrogens (tertiary/aromatic N) is 1. The molecule has 2 rings (SSSR count). The molecule has 7 heteroatoms. The first kappa shape index (κ1) is 18.1.